The number of pyridine rings is 2. The van der Waals surface area contributed by atoms with Gasteiger partial charge >= 0.3 is 11.9 Å². The second-order valence-corrected chi connectivity index (χ2v) is 8.24. The number of allylic oxidation sites excluding steroid dienone is 4. The molecule has 3 aliphatic rings. The summed E-state index contributed by atoms with van der Waals surface area (Å²) in [5.41, 5.74) is 7.86. The fourth-order valence-corrected chi connectivity index (χ4v) is 4.35. The summed E-state index contributed by atoms with van der Waals surface area (Å²) < 4.78 is 8.36. The number of aliphatic hydroxyl groups excluding tert-OH is 1. The van der Waals surface area contributed by atoms with Gasteiger partial charge < -0.3 is 19.5 Å². The summed E-state index contributed by atoms with van der Waals surface area (Å²) in [6.07, 6.45) is 11.2. The zero-order chi connectivity index (χ0) is 23.9. The molecule has 0 saturated heterocycles. The van der Waals surface area contributed by atoms with E-state index in [9.17, 15) is 19.8 Å². The van der Waals surface area contributed by atoms with E-state index in [4.69, 9.17) is 4.74 Å². The number of carboxylic acids is 1. The van der Waals surface area contributed by atoms with Crippen LogP contribution in [-0.2, 0) is 22.6 Å². The maximum absolute atomic E-state index is 12.6. The molecule has 0 amide bonds. The number of hydrogen-bond donors (Lipinski definition) is 2. The number of aromatic nitrogens is 2. The number of aryl methyl sites for hydroxylation is 1. The summed E-state index contributed by atoms with van der Waals surface area (Å²) in [4.78, 5) is 23.8. The lowest BCUT2D eigenvalue weighted by Gasteiger charge is -2.11. The topological polar surface area (TPSA) is 92.6 Å². The molecule has 0 fully saturated rings. The minimum Gasteiger partial charge on any atom is -0.511 e. The number of carbonyl (C=O) groups is 2. The van der Waals surface area contributed by atoms with Gasteiger partial charge in [-0.25, -0.2) is 9.59 Å². The van der Waals surface area contributed by atoms with E-state index in [2.05, 4.69) is 12.6 Å². The Morgan fingerprint density at radius 1 is 1.18 bits per heavy atom. The predicted octanol–water partition coefficient (Wildman–Crippen LogP) is 4.09. The van der Waals surface area contributed by atoms with Gasteiger partial charge in [0.2, 0.25) is 6.54 Å². The fourth-order valence-electron chi connectivity index (χ4n) is 4.35. The minimum absolute atomic E-state index is 0.0875. The van der Waals surface area contributed by atoms with Crippen LogP contribution in [-0.4, -0.2) is 33.8 Å². The van der Waals surface area contributed by atoms with Gasteiger partial charge in [-0.05, 0) is 53.8 Å². The molecule has 0 aromatic carbocycles. The van der Waals surface area contributed by atoms with Crippen molar-refractivity contribution in [2.45, 2.75) is 26.9 Å². The highest BCUT2D eigenvalue weighted by molar-refractivity contribution is 6.08. The van der Waals surface area contributed by atoms with Crippen LogP contribution in [0.2, 0.25) is 0 Å². The lowest BCUT2D eigenvalue weighted by atomic mass is 9.98. The molecule has 1 aromatic rings. The molecule has 7 heteroatoms. The molecule has 0 unspecified atom stereocenters. The van der Waals surface area contributed by atoms with Gasteiger partial charge in [0.05, 0.1) is 19.2 Å². The molecule has 0 radical (unpaired) electrons. The molecule has 2 heterocycles. The van der Waals surface area contributed by atoms with Crippen molar-refractivity contribution in [2.75, 3.05) is 7.11 Å². The maximum Gasteiger partial charge on any atom is 0.370 e. The lowest BCUT2D eigenvalue weighted by Crippen LogP contribution is -2.39. The van der Waals surface area contributed by atoms with Crippen molar-refractivity contribution >= 4 is 29.2 Å². The quantitative estimate of drug-likeness (QED) is 0.339. The molecule has 1 aromatic heterocycles. The maximum atomic E-state index is 12.6. The molecule has 0 saturated carbocycles. The summed E-state index contributed by atoms with van der Waals surface area (Å²) in [6, 6.07) is 4.08. The largest absolute Gasteiger partial charge is 0.511 e. The Bertz CT molecular complexity index is 1340. The Hall–Kier alpha value is -4.13. The Morgan fingerprint density at radius 2 is 1.94 bits per heavy atom. The third-order valence-electron chi connectivity index (χ3n) is 5.74. The van der Waals surface area contributed by atoms with Gasteiger partial charge in [-0.3, -0.25) is 0 Å². The normalized spacial score (nSPS) is 13.8. The molecule has 2 aliphatic carbocycles. The number of ether oxygens (including phenoxy) is 1. The van der Waals surface area contributed by atoms with Crippen LogP contribution in [0.15, 0.2) is 55.3 Å². The number of methoxy groups -OCH3 is 1. The third kappa shape index (κ3) is 4.17. The van der Waals surface area contributed by atoms with E-state index in [1.54, 1.807) is 6.20 Å². The highest BCUT2D eigenvalue weighted by atomic mass is 16.5. The van der Waals surface area contributed by atoms with Crippen molar-refractivity contribution in [3.05, 3.63) is 83.2 Å². The molecule has 0 bridgehead atoms. The number of carboxylic acid groups (broad SMARTS) is 1. The smallest absolute Gasteiger partial charge is 0.370 e. The second kappa shape index (κ2) is 8.43. The van der Waals surface area contributed by atoms with Crippen molar-refractivity contribution in [1.82, 2.24) is 4.57 Å². The molecule has 4 rings (SSSR count). The first-order valence-electron chi connectivity index (χ1n) is 10.4. The van der Waals surface area contributed by atoms with Gasteiger partial charge in [0.15, 0.2) is 12.4 Å². The summed E-state index contributed by atoms with van der Waals surface area (Å²) in [6.45, 7) is 7.59. The van der Waals surface area contributed by atoms with E-state index in [1.165, 1.54) is 17.9 Å². The lowest BCUT2D eigenvalue weighted by molar-refractivity contribution is -0.686. The van der Waals surface area contributed by atoms with Crippen molar-refractivity contribution in [3.63, 3.8) is 0 Å². The molecule has 7 nitrogen and oxygen atoms in total. The first-order chi connectivity index (χ1) is 15.7. The SMILES string of the molecule is C=C(O)Cn1ccc2c(C=C3C=C(C)c4c[n+](CC(=O)O)cc(C(=O)OC)c43)cc(C)c-2c1. The summed E-state index contributed by atoms with van der Waals surface area (Å²) in [7, 11) is 1.31. The van der Waals surface area contributed by atoms with Gasteiger partial charge in [0.25, 0.3) is 0 Å². The van der Waals surface area contributed by atoms with E-state index in [0.29, 0.717) is 12.1 Å². The fraction of sp³-hybridized carbons (Fsp3) is 0.192. The van der Waals surface area contributed by atoms with Crippen LogP contribution < -0.4 is 4.57 Å². The number of aliphatic hydroxyl groups is 1. The number of rotatable bonds is 6. The van der Waals surface area contributed by atoms with Crippen LogP contribution in [0.1, 0.15) is 39.5 Å². The van der Waals surface area contributed by atoms with Crippen molar-refractivity contribution < 1.29 is 29.1 Å². The molecule has 0 atom stereocenters. The van der Waals surface area contributed by atoms with Crippen LogP contribution in [0.25, 0.3) is 28.3 Å². The van der Waals surface area contributed by atoms with Gasteiger partial charge in [-0.1, -0.05) is 18.7 Å². The van der Waals surface area contributed by atoms with Crippen molar-refractivity contribution in [3.8, 4) is 11.1 Å². The van der Waals surface area contributed by atoms with E-state index >= 15 is 0 Å². The van der Waals surface area contributed by atoms with Crippen molar-refractivity contribution in [2.24, 2.45) is 0 Å². The van der Waals surface area contributed by atoms with Crippen LogP contribution in [0.5, 0.6) is 0 Å². The number of esters is 1. The van der Waals surface area contributed by atoms with Crippen LogP contribution in [0, 0.1) is 6.92 Å². The molecule has 168 valence electrons. The van der Waals surface area contributed by atoms with Gasteiger partial charge in [0, 0.05) is 23.5 Å². The summed E-state index contributed by atoms with van der Waals surface area (Å²) >= 11 is 0. The standard InChI is InChI=1S/C26H24N2O5/c1-15-7-18(20-5-6-27(10-17(3)29)11-21(15)20)9-19-8-16(2)22-12-28(14-24(30)31)13-23(25(19)22)26(32)33-4/h5-9,11-13H,3,10,14H2,1-2,4H3,(H-,29,30,31)/p+1. The van der Waals surface area contributed by atoms with Crippen LogP contribution in [0.4, 0.5) is 0 Å². The summed E-state index contributed by atoms with van der Waals surface area (Å²) in [5.74, 6) is -1.43. The second-order valence-electron chi connectivity index (χ2n) is 8.24. The highest BCUT2D eigenvalue weighted by Gasteiger charge is 2.29. The van der Waals surface area contributed by atoms with Gasteiger partial charge in [0.1, 0.15) is 11.3 Å². The molecule has 2 N–H and O–H groups in total. The zero-order valence-corrected chi connectivity index (χ0v) is 18.8. The predicted molar refractivity (Wildman–Crippen MR) is 125 cm³/mol. The van der Waals surface area contributed by atoms with E-state index in [1.807, 2.05) is 49.0 Å². The van der Waals surface area contributed by atoms with Gasteiger partial charge in [-0.15, -0.1) is 0 Å². The molecule has 33 heavy (non-hydrogen) atoms. The Balaban J connectivity index is 1.85. The number of aliphatic carboxylic acids is 1. The van der Waals surface area contributed by atoms with Gasteiger partial charge in [-0.2, -0.15) is 4.57 Å². The van der Waals surface area contributed by atoms with E-state index in [-0.39, 0.29) is 12.3 Å². The van der Waals surface area contributed by atoms with E-state index < -0.39 is 11.9 Å². The number of carbonyl (C=O) groups excluding carboxylic acids is 1. The Morgan fingerprint density at radius 3 is 2.61 bits per heavy atom. The van der Waals surface area contributed by atoms with Crippen LogP contribution in [0.3, 0.4) is 0 Å². The minimum atomic E-state index is -0.994. The van der Waals surface area contributed by atoms with E-state index in [0.717, 1.165) is 44.5 Å². The monoisotopic (exact) mass is 445 g/mol. The molecular formula is C26H25N2O5+. The molecule has 1 aliphatic heterocycles. The highest BCUT2D eigenvalue weighted by Crippen LogP contribution is 2.40. The number of fused-ring (bicyclic) bond motifs is 2. The average Bonchev–Trinajstić information content (AvgIpc) is 3.22. The zero-order valence-electron chi connectivity index (χ0n) is 18.8. The molecular weight excluding hydrogens is 420 g/mol. The Kier molecular flexibility index (Phi) is 5.64. The van der Waals surface area contributed by atoms with Crippen LogP contribution >= 0.6 is 0 Å². The number of hydrogen-bond acceptors (Lipinski definition) is 4. The summed E-state index contributed by atoms with van der Waals surface area (Å²) in [5, 5.41) is 18.7. The molecule has 0 spiro atoms. The Labute approximate surface area is 191 Å². The first-order valence-corrected chi connectivity index (χ1v) is 10.4. The first kappa shape index (κ1) is 22.1. The average molecular weight is 445 g/mol. The third-order valence-corrected chi connectivity index (χ3v) is 5.74. The van der Waals surface area contributed by atoms with Crippen molar-refractivity contribution in [1.29, 1.82) is 0 Å². The number of nitrogens with zero attached hydrogens (tertiary/aromatic N) is 2.